The number of ketones is 1. The normalized spacial score (nSPS) is 13.9. The van der Waals surface area contributed by atoms with Crippen LogP contribution in [0.3, 0.4) is 0 Å². The van der Waals surface area contributed by atoms with E-state index in [9.17, 15) is 50.3 Å². The van der Waals surface area contributed by atoms with Gasteiger partial charge < -0.3 is 9.47 Å². The lowest BCUT2D eigenvalue weighted by Crippen LogP contribution is -2.29. The Morgan fingerprint density at radius 3 is 1.37 bits per heavy atom. The molecule has 0 fully saturated rings. The fraction of sp³-hybridized carbons (Fsp3) is 0.212. The Morgan fingerprint density at radius 2 is 0.896 bits per heavy atom. The fourth-order valence-electron chi connectivity index (χ4n) is 8.54. The van der Waals surface area contributed by atoms with Crippen LogP contribution < -0.4 is 14.4 Å². The number of anilines is 1. The number of amides is 4. The summed E-state index contributed by atoms with van der Waals surface area (Å²) in [6.07, 6.45) is -9.64. The molecular weight excluding hydrogens is 879 g/mol. The molecule has 0 saturated carbocycles. The highest BCUT2D eigenvalue weighted by Crippen LogP contribution is 2.46. The average Bonchev–Trinajstić information content (AvgIpc) is 3.64. The summed E-state index contributed by atoms with van der Waals surface area (Å²) in [7, 11) is 1.31. The number of hydrogen-bond acceptors (Lipinski definition) is 7. The Morgan fingerprint density at radius 1 is 0.493 bits per heavy atom. The van der Waals surface area contributed by atoms with E-state index in [0.717, 1.165) is 40.3 Å². The molecule has 0 aliphatic carbocycles. The molecule has 0 radical (unpaired) electrons. The number of rotatable bonds is 9. The van der Waals surface area contributed by atoms with Gasteiger partial charge in [0.05, 0.1) is 33.5 Å². The molecule has 0 N–H and O–H groups in total. The van der Waals surface area contributed by atoms with Gasteiger partial charge in [-0.15, -0.1) is 0 Å². The number of imide groups is 2. The predicted octanol–water partition coefficient (Wildman–Crippen LogP) is 12.4. The summed E-state index contributed by atoms with van der Waals surface area (Å²) in [4.78, 5) is 67.2. The summed E-state index contributed by atoms with van der Waals surface area (Å²) in [5.41, 5.74) is 0.702. The second-order valence-corrected chi connectivity index (χ2v) is 17.3. The zero-order valence-electron chi connectivity index (χ0n) is 37.3. The Kier molecular flexibility index (Phi) is 11.1. The maximum atomic E-state index is 14.8. The third-order valence-corrected chi connectivity index (χ3v) is 12.3. The summed E-state index contributed by atoms with van der Waals surface area (Å²) in [5, 5.41) is 0. The Hall–Kier alpha value is -7.55. The van der Waals surface area contributed by atoms with E-state index in [0.29, 0.717) is 38.8 Å². The Labute approximate surface area is 380 Å². The zero-order chi connectivity index (χ0) is 48.8. The molecule has 6 aromatic rings. The molecule has 2 aliphatic heterocycles. The van der Waals surface area contributed by atoms with E-state index in [4.69, 9.17) is 9.47 Å². The molecule has 342 valence electrons. The molecule has 2 aliphatic rings. The van der Waals surface area contributed by atoms with Crippen molar-refractivity contribution in [2.24, 2.45) is 0 Å². The van der Waals surface area contributed by atoms with Gasteiger partial charge in [0.25, 0.3) is 23.6 Å². The molecular formula is C52H40F6N2O7. The van der Waals surface area contributed by atoms with Crippen molar-refractivity contribution in [3.05, 3.63) is 181 Å². The molecule has 0 aromatic heterocycles. The molecule has 0 bridgehead atoms. The largest absolute Gasteiger partial charge is 0.456 e. The Bertz CT molecular complexity index is 3120. The van der Waals surface area contributed by atoms with E-state index in [1.54, 1.807) is 52.8 Å². The molecule has 0 atom stereocenters. The van der Waals surface area contributed by atoms with Gasteiger partial charge in [-0.1, -0.05) is 61.9 Å². The maximum Gasteiger partial charge on any atom is 0.420 e. The number of alkyl halides is 6. The van der Waals surface area contributed by atoms with E-state index in [2.05, 4.69) is 0 Å². The van der Waals surface area contributed by atoms with Crippen molar-refractivity contribution in [1.29, 1.82) is 0 Å². The number of carbonyl (C=O) groups excluding carboxylic acids is 5. The minimum Gasteiger partial charge on any atom is -0.456 e. The van der Waals surface area contributed by atoms with Crippen LogP contribution in [0, 0.1) is 34.6 Å². The van der Waals surface area contributed by atoms with Crippen molar-refractivity contribution in [3.8, 4) is 23.0 Å². The number of hydrogen-bond donors (Lipinski definition) is 0. The second kappa shape index (κ2) is 16.1. The van der Waals surface area contributed by atoms with Gasteiger partial charge in [-0.25, -0.2) is 4.90 Å². The summed E-state index contributed by atoms with van der Waals surface area (Å²) in [5.74, 6) is -4.12. The Balaban J connectivity index is 1.05. The van der Waals surface area contributed by atoms with Crippen molar-refractivity contribution < 1.29 is 59.8 Å². The molecule has 15 heteroatoms. The number of benzene rings is 6. The summed E-state index contributed by atoms with van der Waals surface area (Å²) in [6, 6.07) is 21.5. The fourth-order valence-corrected chi connectivity index (χ4v) is 8.54. The van der Waals surface area contributed by atoms with Crippen molar-refractivity contribution in [1.82, 2.24) is 4.90 Å². The average molecular weight is 919 g/mol. The van der Waals surface area contributed by atoms with Gasteiger partial charge in [0.1, 0.15) is 28.6 Å². The molecule has 2 heterocycles. The van der Waals surface area contributed by atoms with Gasteiger partial charge in [0, 0.05) is 23.6 Å². The van der Waals surface area contributed by atoms with Crippen LogP contribution in [0.5, 0.6) is 23.0 Å². The topological polar surface area (TPSA) is 110 Å². The van der Waals surface area contributed by atoms with Crippen LogP contribution in [-0.2, 0) is 17.8 Å². The van der Waals surface area contributed by atoms with Gasteiger partial charge in [0.15, 0.2) is 5.78 Å². The first-order chi connectivity index (χ1) is 31.3. The first-order valence-corrected chi connectivity index (χ1v) is 20.8. The molecule has 9 nitrogen and oxygen atoms in total. The number of halogens is 6. The van der Waals surface area contributed by atoms with Gasteiger partial charge in [-0.2, -0.15) is 26.3 Å². The van der Waals surface area contributed by atoms with Crippen molar-refractivity contribution in [3.63, 3.8) is 0 Å². The second-order valence-electron chi connectivity index (χ2n) is 17.3. The number of carbonyl (C=O) groups is 5. The third kappa shape index (κ3) is 8.01. The quantitative estimate of drug-likeness (QED) is 0.0807. The highest BCUT2D eigenvalue weighted by atomic mass is 19.4. The van der Waals surface area contributed by atoms with Crippen molar-refractivity contribution in [2.75, 3.05) is 11.9 Å². The van der Waals surface area contributed by atoms with E-state index in [-0.39, 0.29) is 50.6 Å². The maximum absolute atomic E-state index is 14.8. The highest BCUT2D eigenvalue weighted by molar-refractivity contribution is 6.35. The number of nitrogens with zero attached hydrogens (tertiary/aromatic N) is 2. The molecule has 4 amide bonds. The van der Waals surface area contributed by atoms with Gasteiger partial charge in [-0.05, 0) is 123 Å². The molecule has 67 heavy (non-hydrogen) atoms. The van der Waals surface area contributed by atoms with Crippen LogP contribution in [0.25, 0.3) is 0 Å². The van der Waals surface area contributed by atoms with E-state index < -0.39 is 69.7 Å². The SMILES string of the molecule is Cc1ccc(Oc2c(C)cc(C(C)(C)c3cc(C)c(Oc4ccc(N5C(=O)c6ccc(C(=O)c7ccc8c(c7)C(=O)N(C)C8=O)cc6C5=O)cc4C(F)(F)F)c(C)c3)cc2C)c(C(F)(F)F)c1. The van der Waals surface area contributed by atoms with Crippen LogP contribution in [0.2, 0.25) is 0 Å². The first kappa shape index (κ1) is 46.0. The smallest absolute Gasteiger partial charge is 0.420 e. The lowest BCUT2D eigenvalue weighted by atomic mass is 9.76. The number of aryl methyl sites for hydroxylation is 5. The zero-order valence-corrected chi connectivity index (χ0v) is 37.3. The van der Waals surface area contributed by atoms with E-state index >= 15 is 0 Å². The van der Waals surface area contributed by atoms with Crippen LogP contribution in [0.4, 0.5) is 32.0 Å². The lowest BCUT2D eigenvalue weighted by Gasteiger charge is -2.29. The standard InChI is InChI=1S/C52H40F6N2O7/c1-25-9-15-41(39(17-25)51(53,54)55)66-44-26(2)18-32(19-27(44)3)50(6,7)33-20-28(4)45(29(5)21-33)67-42-16-12-34(24-40(42)52(56,57)58)60-48(64)36-14-11-31(23-38(36)49(60)65)43(61)30-10-13-35-37(22-30)47(63)59(8)46(35)62/h9-24H,1-8H3. The van der Waals surface area contributed by atoms with Gasteiger partial charge in [0.2, 0.25) is 0 Å². The number of fused-ring (bicyclic) bond motifs is 2. The molecule has 0 saturated heterocycles. The monoisotopic (exact) mass is 918 g/mol. The third-order valence-electron chi connectivity index (χ3n) is 12.3. The lowest BCUT2D eigenvalue weighted by molar-refractivity contribution is -0.139. The van der Waals surface area contributed by atoms with Gasteiger partial charge >= 0.3 is 12.4 Å². The van der Waals surface area contributed by atoms with Crippen LogP contribution >= 0.6 is 0 Å². The summed E-state index contributed by atoms with van der Waals surface area (Å²) < 4.78 is 98.1. The molecule has 8 rings (SSSR count). The first-order valence-electron chi connectivity index (χ1n) is 20.8. The number of ether oxygens (including phenoxy) is 2. The molecule has 0 spiro atoms. The van der Waals surface area contributed by atoms with Gasteiger partial charge in [-0.3, -0.25) is 28.9 Å². The summed E-state index contributed by atoms with van der Waals surface area (Å²) in [6.45, 7) is 12.3. The van der Waals surface area contributed by atoms with Crippen LogP contribution in [-0.4, -0.2) is 41.4 Å². The minimum absolute atomic E-state index is 0.0315. The molecule has 6 aromatic carbocycles. The predicted molar refractivity (Wildman–Crippen MR) is 236 cm³/mol. The van der Waals surface area contributed by atoms with Crippen molar-refractivity contribution in [2.45, 2.75) is 66.2 Å². The van der Waals surface area contributed by atoms with E-state index in [1.165, 1.54) is 43.4 Å². The molecule has 0 unspecified atom stereocenters. The summed E-state index contributed by atoms with van der Waals surface area (Å²) >= 11 is 0. The van der Waals surface area contributed by atoms with Crippen LogP contribution in [0.1, 0.15) is 121 Å². The highest BCUT2D eigenvalue weighted by Gasteiger charge is 2.41. The van der Waals surface area contributed by atoms with Crippen molar-refractivity contribution >= 4 is 35.1 Å². The minimum atomic E-state index is -5.01. The van der Waals surface area contributed by atoms with Crippen LogP contribution in [0.15, 0.2) is 97.1 Å². The van der Waals surface area contributed by atoms with E-state index in [1.807, 2.05) is 26.0 Å².